The number of anilines is 2. The first-order chi connectivity index (χ1) is 8.08. The van der Waals surface area contributed by atoms with Gasteiger partial charge in [-0.1, -0.05) is 0 Å². The van der Waals surface area contributed by atoms with Crippen molar-refractivity contribution in [2.75, 3.05) is 18.1 Å². The van der Waals surface area contributed by atoms with E-state index in [9.17, 15) is 9.59 Å². The normalized spacial score (nSPS) is 20.5. The number of likely N-dealkylation sites (tertiary alicyclic amines) is 1. The van der Waals surface area contributed by atoms with Crippen molar-refractivity contribution >= 4 is 23.6 Å². The number of carbonyl (C=O) groups is 2. The van der Waals surface area contributed by atoms with Gasteiger partial charge in [0.05, 0.1) is 0 Å². The molecule has 1 saturated heterocycles. The first-order valence-electron chi connectivity index (χ1n) is 5.23. The van der Waals surface area contributed by atoms with Gasteiger partial charge in [-0.2, -0.15) is 4.98 Å². The minimum Gasteiger partial charge on any atom is -0.384 e. The molecule has 1 fully saturated rings. The second kappa shape index (κ2) is 4.36. The molecule has 7 heteroatoms. The van der Waals surface area contributed by atoms with Crippen LogP contribution in [0.4, 0.5) is 11.8 Å². The monoisotopic (exact) mass is 235 g/mol. The summed E-state index contributed by atoms with van der Waals surface area (Å²) in [6.07, 6.45) is 2.29. The molecule has 0 bridgehead atoms. The number of nitrogens with two attached hydrogens (primary N) is 1. The van der Waals surface area contributed by atoms with Gasteiger partial charge in [0, 0.05) is 19.7 Å². The quantitative estimate of drug-likeness (QED) is 0.677. The zero-order chi connectivity index (χ0) is 12.4. The number of aromatic nitrogens is 2. The Labute approximate surface area is 98.0 Å². The Bertz CT molecular complexity index is 462. The zero-order valence-corrected chi connectivity index (χ0v) is 9.38. The Balaban J connectivity index is 2.09. The average molecular weight is 235 g/mol. The van der Waals surface area contributed by atoms with Gasteiger partial charge in [0.15, 0.2) is 0 Å². The van der Waals surface area contributed by atoms with E-state index in [0.29, 0.717) is 24.6 Å². The summed E-state index contributed by atoms with van der Waals surface area (Å²) in [6, 6.07) is 1.09. The molecule has 0 spiro atoms. The van der Waals surface area contributed by atoms with Gasteiger partial charge >= 0.3 is 0 Å². The van der Waals surface area contributed by atoms with Crippen LogP contribution in [0.25, 0.3) is 0 Å². The molecule has 0 aliphatic carbocycles. The molecule has 2 amide bonds. The smallest absolute Gasteiger partial charge is 0.251 e. The lowest BCUT2D eigenvalue weighted by Crippen LogP contribution is -2.48. The Morgan fingerprint density at radius 1 is 1.53 bits per heavy atom. The summed E-state index contributed by atoms with van der Waals surface area (Å²) in [5.74, 6) is 0.190. The number of amides is 2. The highest BCUT2D eigenvalue weighted by Gasteiger charge is 2.31. The number of imide groups is 1. The summed E-state index contributed by atoms with van der Waals surface area (Å²) in [7, 11) is 1.47. The molecule has 1 aromatic rings. The van der Waals surface area contributed by atoms with Crippen LogP contribution >= 0.6 is 0 Å². The second-order valence-corrected chi connectivity index (χ2v) is 3.83. The number of hydrogen-bond acceptors (Lipinski definition) is 6. The predicted octanol–water partition coefficient (Wildman–Crippen LogP) is -0.382. The van der Waals surface area contributed by atoms with Crippen LogP contribution < -0.4 is 11.1 Å². The van der Waals surface area contributed by atoms with Gasteiger partial charge in [-0.3, -0.25) is 14.5 Å². The van der Waals surface area contributed by atoms with Crippen molar-refractivity contribution in [2.24, 2.45) is 0 Å². The third-order valence-electron chi connectivity index (χ3n) is 2.63. The summed E-state index contributed by atoms with van der Waals surface area (Å²) in [4.78, 5) is 32.1. The van der Waals surface area contributed by atoms with E-state index in [1.54, 1.807) is 6.07 Å². The largest absolute Gasteiger partial charge is 0.384 e. The van der Waals surface area contributed by atoms with Crippen molar-refractivity contribution in [1.82, 2.24) is 14.9 Å². The molecular weight excluding hydrogens is 222 g/mol. The van der Waals surface area contributed by atoms with Crippen LogP contribution in [0.5, 0.6) is 0 Å². The van der Waals surface area contributed by atoms with E-state index in [4.69, 9.17) is 5.73 Å². The summed E-state index contributed by atoms with van der Waals surface area (Å²) in [5, 5.41) is 2.88. The van der Waals surface area contributed by atoms with E-state index in [1.807, 2.05) is 0 Å². The van der Waals surface area contributed by atoms with E-state index < -0.39 is 6.04 Å². The molecule has 0 saturated carbocycles. The molecular formula is C10H13N5O2. The highest BCUT2D eigenvalue weighted by molar-refractivity contribution is 6.01. The van der Waals surface area contributed by atoms with Crippen molar-refractivity contribution in [1.29, 1.82) is 0 Å². The van der Waals surface area contributed by atoms with Gasteiger partial charge in [-0.25, -0.2) is 4.98 Å². The summed E-state index contributed by atoms with van der Waals surface area (Å²) >= 11 is 0. The Hall–Kier alpha value is -2.18. The third kappa shape index (κ3) is 2.32. The molecule has 1 aromatic heterocycles. The molecule has 17 heavy (non-hydrogen) atoms. The minimum atomic E-state index is -0.473. The Morgan fingerprint density at radius 2 is 2.29 bits per heavy atom. The topological polar surface area (TPSA) is 101 Å². The highest BCUT2D eigenvalue weighted by Crippen LogP contribution is 2.15. The number of nitrogens with zero attached hydrogens (tertiary/aromatic N) is 3. The van der Waals surface area contributed by atoms with E-state index in [-0.39, 0.29) is 11.8 Å². The maximum atomic E-state index is 11.8. The van der Waals surface area contributed by atoms with Crippen LogP contribution in [0.3, 0.4) is 0 Å². The molecule has 1 aliphatic heterocycles. The molecule has 0 radical (unpaired) electrons. The highest BCUT2D eigenvalue weighted by atomic mass is 16.2. The lowest BCUT2D eigenvalue weighted by Gasteiger charge is -2.28. The Kier molecular flexibility index (Phi) is 2.90. The maximum absolute atomic E-state index is 11.8. The summed E-state index contributed by atoms with van der Waals surface area (Å²) in [5.41, 5.74) is 5.51. The number of nitrogens with one attached hydrogen (secondary N) is 1. The van der Waals surface area contributed by atoms with Crippen molar-refractivity contribution in [3.8, 4) is 0 Å². The van der Waals surface area contributed by atoms with Gasteiger partial charge in [-0.15, -0.1) is 0 Å². The fourth-order valence-corrected chi connectivity index (χ4v) is 1.65. The molecule has 7 nitrogen and oxygen atoms in total. The first kappa shape index (κ1) is 11.3. The average Bonchev–Trinajstić information content (AvgIpc) is 2.30. The number of nitrogen functional groups attached to an aromatic ring is 1. The van der Waals surface area contributed by atoms with Crippen LogP contribution in [-0.2, 0) is 9.59 Å². The van der Waals surface area contributed by atoms with Crippen LogP contribution in [0.2, 0.25) is 0 Å². The lowest BCUT2D eigenvalue weighted by molar-refractivity contribution is -0.146. The zero-order valence-electron chi connectivity index (χ0n) is 9.38. The summed E-state index contributed by atoms with van der Waals surface area (Å²) in [6.45, 7) is 0. The van der Waals surface area contributed by atoms with Crippen LogP contribution in [0, 0.1) is 0 Å². The van der Waals surface area contributed by atoms with E-state index in [1.165, 1.54) is 13.2 Å². The van der Waals surface area contributed by atoms with Gasteiger partial charge in [0.1, 0.15) is 11.9 Å². The molecule has 3 N–H and O–H groups in total. The van der Waals surface area contributed by atoms with Gasteiger partial charge < -0.3 is 11.1 Å². The molecule has 1 aliphatic rings. The lowest BCUT2D eigenvalue weighted by atomic mass is 10.1. The molecule has 1 atom stereocenters. The number of piperidine rings is 1. The van der Waals surface area contributed by atoms with Crippen molar-refractivity contribution < 1.29 is 9.59 Å². The standard InChI is InChI=1S/C10H13N5O2/c1-15-8(16)3-2-6(9(15)17)13-10-12-5-4-7(11)14-10/h4-6H,2-3H2,1H3,(H3,11,12,13,14). The fraction of sp³-hybridized carbons (Fsp3) is 0.400. The van der Waals surface area contributed by atoms with Crippen LogP contribution in [0.15, 0.2) is 12.3 Å². The SMILES string of the molecule is CN1C(=O)CCC(Nc2nccc(N)n2)C1=O. The first-order valence-corrected chi connectivity index (χ1v) is 5.23. The van der Waals surface area contributed by atoms with Crippen LogP contribution in [-0.4, -0.2) is 39.8 Å². The maximum Gasteiger partial charge on any atom is 0.251 e. The van der Waals surface area contributed by atoms with Crippen molar-refractivity contribution in [3.63, 3.8) is 0 Å². The third-order valence-corrected chi connectivity index (χ3v) is 2.63. The van der Waals surface area contributed by atoms with Gasteiger partial charge in [0.25, 0.3) is 5.91 Å². The molecule has 2 rings (SSSR count). The van der Waals surface area contributed by atoms with Gasteiger partial charge in [-0.05, 0) is 12.5 Å². The fourth-order valence-electron chi connectivity index (χ4n) is 1.65. The van der Waals surface area contributed by atoms with E-state index in [2.05, 4.69) is 15.3 Å². The number of carbonyl (C=O) groups excluding carboxylic acids is 2. The second-order valence-electron chi connectivity index (χ2n) is 3.83. The summed E-state index contributed by atoms with van der Waals surface area (Å²) < 4.78 is 0. The molecule has 0 aromatic carbocycles. The van der Waals surface area contributed by atoms with Crippen LogP contribution in [0.1, 0.15) is 12.8 Å². The van der Waals surface area contributed by atoms with E-state index >= 15 is 0 Å². The number of likely N-dealkylation sites (N-methyl/N-ethyl adjacent to an activating group) is 1. The van der Waals surface area contributed by atoms with Gasteiger partial charge in [0.2, 0.25) is 11.9 Å². The van der Waals surface area contributed by atoms with Crippen molar-refractivity contribution in [2.45, 2.75) is 18.9 Å². The minimum absolute atomic E-state index is 0.165. The van der Waals surface area contributed by atoms with Crippen molar-refractivity contribution in [3.05, 3.63) is 12.3 Å². The molecule has 90 valence electrons. The molecule has 1 unspecified atom stereocenters. The molecule has 2 heterocycles. The predicted molar refractivity (Wildman–Crippen MR) is 60.9 cm³/mol. The number of hydrogen-bond donors (Lipinski definition) is 2. The number of rotatable bonds is 2. The Morgan fingerprint density at radius 3 is 3.00 bits per heavy atom. The van der Waals surface area contributed by atoms with E-state index in [0.717, 1.165) is 4.90 Å².